The lowest BCUT2D eigenvalue weighted by Gasteiger charge is -2.25. The van der Waals surface area contributed by atoms with Crippen molar-refractivity contribution in [3.63, 3.8) is 0 Å². The summed E-state index contributed by atoms with van der Waals surface area (Å²) in [6.07, 6.45) is 3.10. The van der Waals surface area contributed by atoms with Gasteiger partial charge in [0, 0.05) is 4.88 Å². The summed E-state index contributed by atoms with van der Waals surface area (Å²) in [6, 6.07) is 4.50. The number of anilines is 2. The Morgan fingerprint density at radius 1 is 1.48 bits per heavy atom. The van der Waals surface area contributed by atoms with Gasteiger partial charge in [0.05, 0.1) is 23.0 Å². The highest BCUT2D eigenvalue weighted by Gasteiger charge is 2.22. The van der Waals surface area contributed by atoms with Crippen LogP contribution in [0.2, 0.25) is 0 Å². The number of fused-ring (bicyclic) bond motifs is 1. The number of nitrogen functional groups attached to an aromatic ring is 1. The second kappa shape index (κ2) is 5.37. The van der Waals surface area contributed by atoms with E-state index in [0.29, 0.717) is 5.69 Å². The fourth-order valence-corrected chi connectivity index (χ4v) is 3.69. The highest BCUT2D eigenvalue weighted by molar-refractivity contribution is 7.10. The molecule has 1 unspecified atom stereocenters. The molecule has 1 aromatic heterocycles. The largest absolute Gasteiger partial charge is 0.478 e. The molecule has 0 saturated carbocycles. The SMILES string of the molecule is Nc1cc(C(=O)O)c(F)cc1NC1CCCc2sccc21. The van der Waals surface area contributed by atoms with Crippen molar-refractivity contribution in [2.45, 2.75) is 25.3 Å². The number of nitrogens with one attached hydrogen (secondary N) is 1. The van der Waals surface area contributed by atoms with Crippen LogP contribution in [0.15, 0.2) is 23.6 Å². The zero-order valence-corrected chi connectivity index (χ0v) is 12.0. The Morgan fingerprint density at radius 3 is 3.05 bits per heavy atom. The molecule has 2 aromatic rings. The summed E-state index contributed by atoms with van der Waals surface area (Å²) in [5.41, 5.74) is 7.37. The zero-order chi connectivity index (χ0) is 15.0. The minimum absolute atomic E-state index is 0.0948. The second-order valence-electron chi connectivity index (χ2n) is 5.11. The monoisotopic (exact) mass is 306 g/mol. The minimum Gasteiger partial charge on any atom is -0.478 e. The van der Waals surface area contributed by atoms with Gasteiger partial charge in [0.25, 0.3) is 0 Å². The highest BCUT2D eigenvalue weighted by Crippen LogP contribution is 2.37. The Hall–Kier alpha value is -2.08. The number of benzene rings is 1. The summed E-state index contributed by atoms with van der Waals surface area (Å²) in [5, 5.41) is 14.2. The first-order valence-electron chi connectivity index (χ1n) is 6.71. The molecule has 0 fully saturated rings. The normalized spacial score (nSPS) is 17.3. The number of thiophene rings is 1. The molecule has 4 N–H and O–H groups in total. The van der Waals surface area contributed by atoms with E-state index in [2.05, 4.69) is 16.8 Å². The number of aryl methyl sites for hydroxylation is 1. The summed E-state index contributed by atoms with van der Waals surface area (Å²) in [5.74, 6) is -2.09. The van der Waals surface area contributed by atoms with Crippen LogP contribution in [0.25, 0.3) is 0 Å². The lowest BCUT2D eigenvalue weighted by atomic mass is 9.93. The van der Waals surface area contributed by atoms with Crippen LogP contribution in [-0.2, 0) is 6.42 Å². The van der Waals surface area contributed by atoms with Gasteiger partial charge in [0.15, 0.2) is 0 Å². The van der Waals surface area contributed by atoms with E-state index < -0.39 is 17.3 Å². The van der Waals surface area contributed by atoms with E-state index in [1.54, 1.807) is 11.3 Å². The molecule has 0 saturated heterocycles. The maximum Gasteiger partial charge on any atom is 0.338 e. The maximum atomic E-state index is 13.8. The molecule has 1 heterocycles. The van der Waals surface area contributed by atoms with Crippen LogP contribution < -0.4 is 11.1 Å². The van der Waals surface area contributed by atoms with Crippen LogP contribution in [0.1, 0.15) is 39.7 Å². The lowest BCUT2D eigenvalue weighted by Crippen LogP contribution is -2.17. The van der Waals surface area contributed by atoms with E-state index in [4.69, 9.17) is 10.8 Å². The molecule has 6 heteroatoms. The van der Waals surface area contributed by atoms with Gasteiger partial charge in [-0.05, 0) is 48.4 Å². The predicted octanol–water partition coefficient (Wildman–Crippen LogP) is 3.66. The van der Waals surface area contributed by atoms with Crippen LogP contribution >= 0.6 is 11.3 Å². The molecule has 0 amide bonds. The molecule has 1 atom stereocenters. The average molecular weight is 306 g/mol. The van der Waals surface area contributed by atoms with E-state index in [1.165, 1.54) is 16.5 Å². The molecule has 21 heavy (non-hydrogen) atoms. The van der Waals surface area contributed by atoms with Crippen molar-refractivity contribution in [2.75, 3.05) is 11.1 Å². The molecular formula is C15H15FN2O2S. The van der Waals surface area contributed by atoms with Gasteiger partial charge in [-0.15, -0.1) is 11.3 Å². The van der Waals surface area contributed by atoms with Gasteiger partial charge in [0.1, 0.15) is 5.82 Å². The van der Waals surface area contributed by atoms with E-state index >= 15 is 0 Å². The molecule has 0 spiro atoms. The molecule has 0 bridgehead atoms. The van der Waals surface area contributed by atoms with Crippen molar-refractivity contribution in [2.24, 2.45) is 0 Å². The zero-order valence-electron chi connectivity index (χ0n) is 11.2. The topological polar surface area (TPSA) is 75.4 Å². The first-order valence-corrected chi connectivity index (χ1v) is 7.59. The van der Waals surface area contributed by atoms with E-state index in [9.17, 15) is 9.18 Å². The van der Waals surface area contributed by atoms with Gasteiger partial charge < -0.3 is 16.2 Å². The number of carboxylic acid groups (broad SMARTS) is 1. The fraction of sp³-hybridized carbons (Fsp3) is 0.267. The number of carbonyl (C=O) groups is 1. The summed E-state index contributed by atoms with van der Waals surface area (Å²) < 4.78 is 13.8. The molecule has 0 aliphatic heterocycles. The molecule has 110 valence electrons. The minimum atomic E-state index is -1.32. The van der Waals surface area contributed by atoms with Gasteiger partial charge >= 0.3 is 5.97 Å². The van der Waals surface area contributed by atoms with Crippen molar-refractivity contribution >= 4 is 28.7 Å². The molecule has 0 radical (unpaired) electrons. The van der Waals surface area contributed by atoms with Crippen molar-refractivity contribution in [1.82, 2.24) is 0 Å². The third-order valence-corrected chi connectivity index (χ3v) is 4.75. The molecule has 4 nitrogen and oxygen atoms in total. The van der Waals surface area contributed by atoms with Crippen molar-refractivity contribution in [3.05, 3.63) is 45.4 Å². The maximum absolute atomic E-state index is 13.8. The van der Waals surface area contributed by atoms with Crippen molar-refractivity contribution in [3.8, 4) is 0 Å². The average Bonchev–Trinajstić information content (AvgIpc) is 2.91. The molecule has 1 aromatic carbocycles. The smallest absolute Gasteiger partial charge is 0.338 e. The van der Waals surface area contributed by atoms with Crippen LogP contribution in [0.5, 0.6) is 0 Å². The van der Waals surface area contributed by atoms with Crippen LogP contribution in [0.3, 0.4) is 0 Å². The van der Waals surface area contributed by atoms with Gasteiger partial charge in [-0.25, -0.2) is 9.18 Å². The molecule has 1 aliphatic rings. The van der Waals surface area contributed by atoms with Gasteiger partial charge in [0.2, 0.25) is 0 Å². The van der Waals surface area contributed by atoms with Crippen molar-refractivity contribution < 1.29 is 14.3 Å². The second-order valence-corrected chi connectivity index (χ2v) is 6.11. The molecular weight excluding hydrogens is 291 g/mol. The summed E-state index contributed by atoms with van der Waals surface area (Å²) >= 11 is 1.73. The van der Waals surface area contributed by atoms with E-state index in [-0.39, 0.29) is 11.7 Å². The Kier molecular flexibility index (Phi) is 3.55. The van der Waals surface area contributed by atoms with Gasteiger partial charge in [-0.2, -0.15) is 0 Å². The highest BCUT2D eigenvalue weighted by atomic mass is 32.1. The first kappa shape index (κ1) is 13.9. The Morgan fingerprint density at radius 2 is 2.29 bits per heavy atom. The number of nitrogens with two attached hydrogens (primary N) is 1. The Bertz CT molecular complexity index is 699. The number of hydrogen-bond acceptors (Lipinski definition) is 4. The number of aromatic carboxylic acids is 1. The van der Waals surface area contributed by atoms with Crippen LogP contribution in [0.4, 0.5) is 15.8 Å². The molecule has 3 rings (SSSR count). The number of carboxylic acids is 1. The summed E-state index contributed by atoms with van der Waals surface area (Å²) in [7, 11) is 0. The summed E-state index contributed by atoms with van der Waals surface area (Å²) in [4.78, 5) is 12.2. The van der Waals surface area contributed by atoms with Gasteiger partial charge in [-0.1, -0.05) is 0 Å². The quantitative estimate of drug-likeness (QED) is 0.757. The number of rotatable bonds is 3. The number of hydrogen-bond donors (Lipinski definition) is 3. The third-order valence-electron chi connectivity index (χ3n) is 3.75. The van der Waals surface area contributed by atoms with Crippen molar-refractivity contribution in [1.29, 1.82) is 0 Å². The van der Waals surface area contributed by atoms with Crippen LogP contribution in [-0.4, -0.2) is 11.1 Å². The van der Waals surface area contributed by atoms with Crippen LogP contribution in [0, 0.1) is 5.82 Å². The summed E-state index contributed by atoms with van der Waals surface area (Å²) in [6.45, 7) is 0. The standard InChI is InChI=1S/C15H15FN2O2S/c16-10-7-13(11(17)6-9(10)15(19)20)18-12-2-1-3-14-8(12)4-5-21-14/h4-7,12,18H,1-3,17H2,(H,19,20). The van der Waals surface area contributed by atoms with E-state index in [1.807, 2.05) is 0 Å². The Labute approximate surface area is 125 Å². The molecule has 1 aliphatic carbocycles. The first-order chi connectivity index (χ1) is 10.1. The number of halogens is 1. The lowest BCUT2D eigenvalue weighted by molar-refractivity contribution is 0.0692. The third kappa shape index (κ3) is 2.58. The fourth-order valence-electron chi connectivity index (χ4n) is 2.70. The van der Waals surface area contributed by atoms with Gasteiger partial charge in [-0.3, -0.25) is 0 Å². The predicted molar refractivity (Wildman–Crippen MR) is 81.4 cm³/mol. The Balaban J connectivity index is 1.90. The van der Waals surface area contributed by atoms with E-state index in [0.717, 1.165) is 25.3 Å².